The van der Waals surface area contributed by atoms with Gasteiger partial charge in [-0.15, -0.1) is 0 Å². The average Bonchev–Trinajstić information content (AvgIpc) is 2.04. The molecule has 1 rings (SSSR count). The number of rotatable bonds is 3. The van der Waals surface area contributed by atoms with Crippen LogP contribution in [-0.4, -0.2) is 22.8 Å². The summed E-state index contributed by atoms with van der Waals surface area (Å²) in [7, 11) is 0. The van der Waals surface area contributed by atoms with Crippen molar-refractivity contribution in [2.45, 2.75) is 39.0 Å². The molecule has 0 aromatic rings. The molecule has 13 heavy (non-hydrogen) atoms. The van der Waals surface area contributed by atoms with Crippen LogP contribution in [0.4, 0.5) is 0 Å². The lowest BCUT2D eigenvalue weighted by Crippen LogP contribution is -2.36. The molecule has 0 bridgehead atoms. The van der Waals surface area contributed by atoms with Crippen molar-refractivity contribution in [2.75, 3.05) is 6.61 Å². The van der Waals surface area contributed by atoms with Gasteiger partial charge in [-0.1, -0.05) is 19.8 Å². The van der Waals surface area contributed by atoms with Crippen LogP contribution >= 0.6 is 0 Å². The first kappa shape index (κ1) is 10.5. The number of aliphatic hydroxyl groups is 1. The Morgan fingerprint density at radius 2 is 2.31 bits per heavy atom. The molecule has 0 aliphatic heterocycles. The van der Waals surface area contributed by atoms with Crippen molar-refractivity contribution in [2.24, 2.45) is 11.3 Å². The van der Waals surface area contributed by atoms with Gasteiger partial charge in [0.05, 0.1) is 5.41 Å². The van der Waals surface area contributed by atoms with Gasteiger partial charge >= 0.3 is 5.97 Å². The van der Waals surface area contributed by atoms with E-state index in [-0.39, 0.29) is 6.61 Å². The summed E-state index contributed by atoms with van der Waals surface area (Å²) in [6.07, 6.45) is 3.97. The summed E-state index contributed by atoms with van der Waals surface area (Å²) in [6.45, 7) is 2.08. The number of carbonyl (C=O) groups is 1. The Kier molecular flexibility index (Phi) is 3.31. The molecule has 0 aromatic carbocycles. The van der Waals surface area contributed by atoms with Gasteiger partial charge in [-0.05, 0) is 25.2 Å². The number of aliphatic carboxylic acids is 1. The van der Waals surface area contributed by atoms with Crippen LogP contribution in [0.15, 0.2) is 0 Å². The second kappa shape index (κ2) is 4.09. The molecule has 1 saturated carbocycles. The lowest BCUT2D eigenvalue weighted by Gasteiger charge is -2.35. The minimum Gasteiger partial charge on any atom is -0.481 e. The van der Waals surface area contributed by atoms with Gasteiger partial charge < -0.3 is 10.2 Å². The zero-order valence-electron chi connectivity index (χ0n) is 8.12. The fourth-order valence-corrected chi connectivity index (χ4v) is 2.40. The standard InChI is InChI=1S/C10H18O3/c1-8-3-2-4-10(7-8,5-6-11)9(12)13/h8,11H,2-7H2,1H3,(H,12,13). The molecule has 0 heterocycles. The average molecular weight is 186 g/mol. The molecule has 76 valence electrons. The molecule has 0 saturated heterocycles. The molecule has 2 unspecified atom stereocenters. The summed E-state index contributed by atoms with van der Waals surface area (Å²) >= 11 is 0. The molecular weight excluding hydrogens is 168 g/mol. The number of carboxylic acid groups (broad SMARTS) is 1. The van der Waals surface area contributed by atoms with Gasteiger partial charge in [-0.3, -0.25) is 4.79 Å². The Bertz CT molecular complexity index is 187. The molecule has 2 N–H and O–H groups in total. The van der Waals surface area contributed by atoms with E-state index in [1.165, 1.54) is 0 Å². The Morgan fingerprint density at radius 3 is 2.77 bits per heavy atom. The van der Waals surface area contributed by atoms with E-state index in [0.717, 1.165) is 25.7 Å². The van der Waals surface area contributed by atoms with Crippen molar-refractivity contribution in [1.29, 1.82) is 0 Å². The van der Waals surface area contributed by atoms with Crippen LogP contribution in [0.5, 0.6) is 0 Å². The third-order valence-electron chi connectivity index (χ3n) is 3.14. The summed E-state index contributed by atoms with van der Waals surface area (Å²) in [4.78, 5) is 11.1. The van der Waals surface area contributed by atoms with E-state index in [2.05, 4.69) is 6.92 Å². The van der Waals surface area contributed by atoms with E-state index in [1.54, 1.807) is 0 Å². The van der Waals surface area contributed by atoms with Crippen LogP contribution in [-0.2, 0) is 4.79 Å². The third kappa shape index (κ3) is 2.21. The van der Waals surface area contributed by atoms with Gasteiger partial charge in [0.1, 0.15) is 0 Å². The second-order valence-corrected chi connectivity index (χ2v) is 4.26. The Morgan fingerprint density at radius 1 is 1.62 bits per heavy atom. The van der Waals surface area contributed by atoms with Crippen molar-refractivity contribution < 1.29 is 15.0 Å². The lowest BCUT2D eigenvalue weighted by atomic mass is 9.68. The maximum atomic E-state index is 11.1. The van der Waals surface area contributed by atoms with Crippen LogP contribution < -0.4 is 0 Å². The highest BCUT2D eigenvalue weighted by atomic mass is 16.4. The normalized spacial score (nSPS) is 34.5. The highest BCUT2D eigenvalue weighted by Crippen LogP contribution is 2.41. The monoisotopic (exact) mass is 186 g/mol. The van der Waals surface area contributed by atoms with Crippen molar-refractivity contribution in [3.8, 4) is 0 Å². The quantitative estimate of drug-likeness (QED) is 0.704. The number of aliphatic hydroxyl groups excluding tert-OH is 1. The minimum atomic E-state index is -0.729. The van der Waals surface area contributed by atoms with Gasteiger partial charge in [0, 0.05) is 6.61 Å². The van der Waals surface area contributed by atoms with E-state index in [9.17, 15) is 4.79 Å². The largest absolute Gasteiger partial charge is 0.481 e. The first-order chi connectivity index (χ1) is 6.10. The molecule has 0 aromatic heterocycles. The smallest absolute Gasteiger partial charge is 0.309 e. The highest BCUT2D eigenvalue weighted by molar-refractivity contribution is 5.74. The molecule has 0 spiro atoms. The fraction of sp³-hybridized carbons (Fsp3) is 0.900. The van der Waals surface area contributed by atoms with E-state index < -0.39 is 11.4 Å². The molecule has 0 amide bonds. The molecule has 1 aliphatic rings. The minimum absolute atomic E-state index is 0.0149. The maximum Gasteiger partial charge on any atom is 0.309 e. The highest BCUT2D eigenvalue weighted by Gasteiger charge is 2.41. The maximum absolute atomic E-state index is 11.1. The predicted octanol–water partition coefficient (Wildman–Crippen LogP) is 1.65. The summed E-state index contributed by atoms with van der Waals surface area (Å²) in [5.74, 6) is -0.246. The molecular formula is C10H18O3. The van der Waals surface area contributed by atoms with Crippen LogP contribution in [0.3, 0.4) is 0 Å². The topological polar surface area (TPSA) is 57.5 Å². The molecule has 1 fully saturated rings. The van der Waals surface area contributed by atoms with Gasteiger partial charge in [0.25, 0.3) is 0 Å². The summed E-state index contributed by atoms with van der Waals surface area (Å²) < 4.78 is 0. The predicted molar refractivity (Wildman–Crippen MR) is 49.4 cm³/mol. The first-order valence-corrected chi connectivity index (χ1v) is 4.95. The van der Waals surface area contributed by atoms with E-state index >= 15 is 0 Å². The molecule has 3 nitrogen and oxygen atoms in total. The van der Waals surface area contributed by atoms with Crippen LogP contribution in [0.25, 0.3) is 0 Å². The van der Waals surface area contributed by atoms with Crippen LogP contribution in [0.1, 0.15) is 39.0 Å². The van der Waals surface area contributed by atoms with Crippen molar-refractivity contribution >= 4 is 5.97 Å². The van der Waals surface area contributed by atoms with E-state index in [1.807, 2.05) is 0 Å². The second-order valence-electron chi connectivity index (χ2n) is 4.26. The Hall–Kier alpha value is -0.570. The van der Waals surface area contributed by atoms with Crippen molar-refractivity contribution in [3.05, 3.63) is 0 Å². The molecule has 0 radical (unpaired) electrons. The van der Waals surface area contributed by atoms with E-state index in [0.29, 0.717) is 12.3 Å². The van der Waals surface area contributed by atoms with Gasteiger partial charge in [-0.2, -0.15) is 0 Å². The third-order valence-corrected chi connectivity index (χ3v) is 3.14. The zero-order chi connectivity index (χ0) is 9.90. The van der Waals surface area contributed by atoms with Crippen LogP contribution in [0.2, 0.25) is 0 Å². The van der Waals surface area contributed by atoms with Gasteiger partial charge in [0.15, 0.2) is 0 Å². The number of carboxylic acids is 1. The van der Waals surface area contributed by atoms with Crippen molar-refractivity contribution in [1.82, 2.24) is 0 Å². The molecule has 1 aliphatic carbocycles. The molecule has 2 atom stereocenters. The lowest BCUT2D eigenvalue weighted by molar-refractivity contribution is -0.153. The molecule has 3 heteroatoms. The summed E-state index contributed by atoms with van der Waals surface area (Å²) in [5.41, 5.74) is -0.633. The summed E-state index contributed by atoms with van der Waals surface area (Å²) in [6, 6.07) is 0. The van der Waals surface area contributed by atoms with Crippen molar-refractivity contribution in [3.63, 3.8) is 0 Å². The Balaban J connectivity index is 2.70. The van der Waals surface area contributed by atoms with Gasteiger partial charge in [0.2, 0.25) is 0 Å². The Labute approximate surface area is 78.8 Å². The first-order valence-electron chi connectivity index (χ1n) is 4.95. The van der Waals surface area contributed by atoms with E-state index in [4.69, 9.17) is 10.2 Å². The fourth-order valence-electron chi connectivity index (χ4n) is 2.40. The van der Waals surface area contributed by atoms with Crippen LogP contribution in [0, 0.1) is 11.3 Å². The zero-order valence-corrected chi connectivity index (χ0v) is 8.12. The number of hydrogen-bond donors (Lipinski definition) is 2. The van der Waals surface area contributed by atoms with Gasteiger partial charge in [-0.25, -0.2) is 0 Å². The SMILES string of the molecule is CC1CCCC(CCO)(C(=O)O)C1. The summed E-state index contributed by atoms with van der Waals surface area (Å²) in [5, 5.41) is 18.0. The number of hydrogen-bond acceptors (Lipinski definition) is 2.